The number of ether oxygens (including phenoxy) is 2. The number of nitrogens with zero attached hydrogens (tertiary/aromatic N) is 1. The van der Waals surface area contributed by atoms with E-state index in [1.165, 1.54) is 6.07 Å². The van der Waals surface area contributed by atoms with Gasteiger partial charge < -0.3 is 19.8 Å². The van der Waals surface area contributed by atoms with E-state index in [4.69, 9.17) is 0 Å². The monoisotopic (exact) mass is 423 g/mol. The molecule has 2 N–H and O–H groups in total. The molecule has 0 saturated heterocycles. The number of alkyl halides is 2. The van der Waals surface area contributed by atoms with Gasteiger partial charge in [0.2, 0.25) is 0 Å². The fourth-order valence-electron chi connectivity index (χ4n) is 4.14. The molecule has 1 aromatic heterocycles. The van der Waals surface area contributed by atoms with E-state index in [1.54, 1.807) is 6.07 Å². The van der Waals surface area contributed by atoms with Crippen molar-refractivity contribution in [1.29, 1.82) is 5.26 Å². The maximum atomic E-state index is 13.3. The summed E-state index contributed by atoms with van der Waals surface area (Å²) < 4.78 is 35.8. The Morgan fingerprint density at radius 3 is 2.52 bits per heavy atom. The van der Waals surface area contributed by atoms with Gasteiger partial charge in [0.25, 0.3) is 0 Å². The lowest BCUT2D eigenvalue weighted by Crippen LogP contribution is -2.26. The molecule has 1 fully saturated rings. The lowest BCUT2D eigenvalue weighted by molar-refractivity contribution is -0.286. The molecule has 0 atom stereocenters. The second-order valence-corrected chi connectivity index (χ2v) is 9.46. The number of halogens is 2. The summed E-state index contributed by atoms with van der Waals surface area (Å²) in [7, 11) is 0. The highest BCUT2D eigenvalue weighted by molar-refractivity contribution is 5.91. The summed E-state index contributed by atoms with van der Waals surface area (Å²) in [6.07, 6.45) is -1.76. The van der Waals surface area contributed by atoms with Crippen molar-refractivity contribution in [2.24, 2.45) is 0 Å². The van der Waals surface area contributed by atoms with Gasteiger partial charge in [0.15, 0.2) is 11.5 Å². The minimum Gasteiger partial charge on any atom is -0.395 e. The van der Waals surface area contributed by atoms with Crippen LogP contribution in [0.2, 0.25) is 0 Å². The molecule has 0 bridgehead atoms. The highest BCUT2D eigenvalue weighted by atomic mass is 19.3. The molecule has 0 amide bonds. The van der Waals surface area contributed by atoms with Crippen molar-refractivity contribution in [2.75, 3.05) is 11.9 Å². The van der Waals surface area contributed by atoms with Crippen LogP contribution in [0.15, 0.2) is 36.4 Å². The van der Waals surface area contributed by atoms with Crippen LogP contribution in [-0.4, -0.2) is 17.8 Å². The molecule has 5 nitrogen and oxygen atoms in total. The van der Waals surface area contributed by atoms with E-state index in [-0.39, 0.29) is 22.3 Å². The fourth-order valence-corrected chi connectivity index (χ4v) is 4.14. The molecule has 1 aliphatic heterocycles. The van der Waals surface area contributed by atoms with Gasteiger partial charge >= 0.3 is 6.29 Å². The molecule has 3 aromatic rings. The molecule has 160 valence electrons. The standard InChI is InChI=1S/C24H23F2N3O2/c1-22(2,3)21-11-15-16(12-27)17(5-6-18(15)29-21)28-13-23(8-9-23)14-4-7-19-20(10-14)31-24(25,26)30-19/h4-7,10-11,28-29H,8-9,13H2,1-3H3. The predicted molar refractivity (Wildman–Crippen MR) is 114 cm³/mol. The number of fused-ring (bicyclic) bond motifs is 2. The third-order valence-corrected chi connectivity index (χ3v) is 6.21. The molecule has 1 aliphatic carbocycles. The summed E-state index contributed by atoms with van der Waals surface area (Å²) >= 11 is 0. The topological polar surface area (TPSA) is 70.1 Å². The highest BCUT2D eigenvalue weighted by Gasteiger charge is 2.47. The minimum atomic E-state index is -3.62. The average Bonchev–Trinajstić information content (AvgIpc) is 3.22. The Labute approximate surface area is 179 Å². The zero-order chi connectivity index (χ0) is 22.0. The molecule has 2 aliphatic rings. The number of hydrogen-bond acceptors (Lipinski definition) is 4. The summed E-state index contributed by atoms with van der Waals surface area (Å²) in [5, 5.41) is 14.2. The summed E-state index contributed by atoms with van der Waals surface area (Å²) in [6.45, 7) is 6.98. The third-order valence-electron chi connectivity index (χ3n) is 6.21. The molecule has 2 aromatic carbocycles. The van der Waals surface area contributed by atoms with Crippen LogP contribution in [0.5, 0.6) is 11.5 Å². The number of nitriles is 1. The van der Waals surface area contributed by atoms with Gasteiger partial charge in [-0.3, -0.25) is 0 Å². The zero-order valence-electron chi connectivity index (χ0n) is 17.6. The van der Waals surface area contributed by atoms with Crippen LogP contribution in [0.4, 0.5) is 14.5 Å². The normalized spacial score (nSPS) is 18.1. The average molecular weight is 423 g/mol. The van der Waals surface area contributed by atoms with Gasteiger partial charge in [0.05, 0.1) is 11.3 Å². The van der Waals surface area contributed by atoms with Gasteiger partial charge in [-0.25, -0.2) is 0 Å². The van der Waals surface area contributed by atoms with Gasteiger partial charge in [-0.1, -0.05) is 26.8 Å². The molecule has 31 heavy (non-hydrogen) atoms. The van der Waals surface area contributed by atoms with Crippen LogP contribution < -0.4 is 14.8 Å². The molecule has 0 unspecified atom stereocenters. The Kier molecular flexibility index (Phi) is 4.04. The Morgan fingerprint density at radius 1 is 1.10 bits per heavy atom. The lowest BCUT2D eigenvalue weighted by atomic mass is 9.92. The molecule has 0 radical (unpaired) electrons. The van der Waals surface area contributed by atoms with Crippen LogP contribution in [0.25, 0.3) is 10.9 Å². The zero-order valence-corrected chi connectivity index (χ0v) is 17.6. The summed E-state index contributed by atoms with van der Waals surface area (Å²) in [6, 6.07) is 13.3. The number of rotatable bonds is 4. The summed E-state index contributed by atoms with van der Waals surface area (Å²) in [4.78, 5) is 3.41. The van der Waals surface area contributed by atoms with E-state index in [0.717, 1.165) is 40.7 Å². The maximum Gasteiger partial charge on any atom is 0.586 e. The van der Waals surface area contributed by atoms with Crippen LogP contribution in [-0.2, 0) is 10.8 Å². The third kappa shape index (κ3) is 3.36. The van der Waals surface area contributed by atoms with Crippen molar-refractivity contribution in [1.82, 2.24) is 4.98 Å². The van der Waals surface area contributed by atoms with Gasteiger partial charge in [0, 0.05) is 34.0 Å². The van der Waals surface area contributed by atoms with E-state index >= 15 is 0 Å². The Bertz CT molecular complexity index is 1230. The van der Waals surface area contributed by atoms with Crippen LogP contribution in [0.3, 0.4) is 0 Å². The van der Waals surface area contributed by atoms with Crippen molar-refractivity contribution in [3.05, 3.63) is 53.2 Å². The first-order valence-corrected chi connectivity index (χ1v) is 10.3. The van der Waals surface area contributed by atoms with Crippen molar-refractivity contribution < 1.29 is 18.3 Å². The molecular weight excluding hydrogens is 400 g/mol. The summed E-state index contributed by atoms with van der Waals surface area (Å²) in [5.74, 6) is 0.117. The number of nitrogens with one attached hydrogen (secondary N) is 2. The Hall–Kier alpha value is -3.27. The number of hydrogen-bond donors (Lipinski definition) is 2. The van der Waals surface area contributed by atoms with Gasteiger partial charge in [-0.15, -0.1) is 8.78 Å². The molecule has 2 heterocycles. The molecule has 0 spiro atoms. The maximum absolute atomic E-state index is 13.3. The second kappa shape index (κ2) is 6.36. The van der Waals surface area contributed by atoms with Crippen molar-refractivity contribution in [3.8, 4) is 17.6 Å². The van der Waals surface area contributed by atoms with Crippen molar-refractivity contribution >= 4 is 16.6 Å². The van der Waals surface area contributed by atoms with Crippen LogP contribution in [0.1, 0.15) is 50.4 Å². The number of aromatic nitrogens is 1. The molecular formula is C24H23F2N3O2. The van der Waals surface area contributed by atoms with E-state index in [9.17, 15) is 14.0 Å². The number of anilines is 1. The largest absolute Gasteiger partial charge is 0.586 e. The number of aromatic amines is 1. The van der Waals surface area contributed by atoms with Crippen molar-refractivity contribution in [2.45, 2.75) is 50.7 Å². The quantitative estimate of drug-likeness (QED) is 0.556. The predicted octanol–water partition coefficient (Wildman–Crippen LogP) is 5.80. The van der Waals surface area contributed by atoms with Gasteiger partial charge in [0.1, 0.15) is 6.07 Å². The van der Waals surface area contributed by atoms with E-state index in [1.807, 2.05) is 24.3 Å². The van der Waals surface area contributed by atoms with E-state index in [0.29, 0.717) is 12.1 Å². The first kappa shape index (κ1) is 19.7. The number of H-pyrrole nitrogens is 1. The first-order chi connectivity index (χ1) is 14.6. The Morgan fingerprint density at radius 2 is 1.84 bits per heavy atom. The number of benzene rings is 2. The summed E-state index contributed by atoms with van der Waals surface area (Å²) in [5.41, 5.74) is 4.09. The second-order valence-electron chi connectivity index (χ2n) is 9.46. The first-order valence-electron chi connectivity index (χ1n) is 10.3. The minimum absolute atomic E-state index is 0.0480. The fraction of sp³-hybridized carbons (Fsp3) is 0.375. The highest BCUT2D eigenvalue weighted by Crippen LogP contribution is 2.51. The SMILES string of the molecule is CC(C)(C)c1cc2c(C#N)c(NCC3(c4ccc5c(c4)OC(F)(F)O5)CC3)ccc2[nH]1. The van der Waals surface area contributed by atoms with E-state index < -0.39 is 6.29 Å². The van der Waals surface area contributed by atoms with Gasteiger partial charge in [-0.05, 0) is 48.7 Å². The van der Waals surface area contributed by atoms with Crippen LogP contribution in [0, 0.1) is 11.3 Å². The Balaban J connectivity index is 1.41. The van der Waals surface area contributed by atoms with E-state index in [2.05, 4.69) is 46.6 Å². The smallest absolute Gasteiger partial charge is 0.395 e. The molecule has 7 heteroatoms. The lowest BCUT2D eigenvalue weighted by Gasteiger charge is -2.18. The van der Waals surface area contributed by atoms with Crippen LogP contribution >= 0.6 is 0 Å². The van der Waals surface area contributed by atoms with Gasteiger partial charge in [-0.2, -0.15) is 5.26 Å². The molecule has 5 rings (SSSR count). The van der Waals surface area contributed by atoms with Crippen molar-refractivity contribution in [3.63, 3.8) is 0 Å². The molecule has 1 saturated carbocycles.